The van der Waals surface area contributed by atoms with Gasteiger partial charge in [-0.2, -0.15) is 0 Å². The maximum Gasteiger partial charge on any atom is 0.223 e. The minimum atomic E-state index is -0.0161. The molecule has 154 valence electrons. The van der Waals surface area contributed by atoms with Gasteiger partial charge in [-0.05, 0) is 69.3 Å². The Balaban J connectivity index is 1.48. The van der Waals surface area contributed by atoms with Crippen LogP contribution in [-0.2, 0) is 11.3 Å². The fourth-order valence-electron chi connectivity index (χ4n) is 4.88. The topological polar surface area (TPSA) is 58.1 Å². The van der Waals surface area contributed by atoms with Gasteiger partial charge < -0.3 is 5.32 Å². The highest BCUT2D eigenvalue weighted by molar-refractivity contribution is 5.79. The summed E-state index contributed by atoms with van der Waals surface area (Å²) in [5.74, 6) is 0.766. The number of aryl methyl sites for hydroxylation is 1. The third-order valence-electron chi connectivity index (χ3n) is 6.38. The van der Waals surface area contributed by atoms with Crippen molar-refractivity contribution in [2.24, 2.45) is 11.8 Å². The summed E-state index contributed by atoms with van der Waals surface area (Å²) in [6.07, 6.45) is 8.48. The first kappa shape index (κ1) is 20.0. The van der Waals surface area contributed by atoms with E-state index >= 15 is 0 Å². The number of likely N-dealkylation sites (tertiary alicyclic amines) is 1. The van der Waals surface area contributed by atoms with Crippen molar-refractivity contribution in [3.63, 3.8) is 0 Å². The summed E-state index contributed by atoms with van der Waals surface area (Å²) in [7, 11) is 0. The Morgan fingerprint density at radius 3 is 2.76 bits per heavy atom. The Kier molecular flexibility index (Phi) is 6.55. The molecule has 1 saturated heterocycles. The van der Waals surface area contributed by atoms with E-state index in [0.717, 1.165) is 62.4 Å². The molecule has 2 atom stereocenters. The van der Waals surface area contributed by atoms with Crippen molar-refractivity contribution in [1.82, 2.24) is 20.2 Å². The van der Waals surface area contributed by atoms with Crippen LogP contribution in [0.3, 0.4) is 0 Å². The molecule has 1 aliphatic carbocycles. The highest BCUT2D eigenvalue weighted by atomic mass is 16.2. The molecule has 3 heterocycles. The number of rotatable bonds is 6. The number of nitrogens with zero attached hydrogens (tertiary/aromatic N) is 3. The minimum absolute atomic E-state index is 0.0161. The smallest absolute Gasteiger partial charge is 0.223 e. The predicted octanol–water partition coefficient (Wildman–Crippen LogP) is 4.04. The quantitative estimate of drug-likeness (QED) is 0.806. The van der Waals surface area contributed by atoms with Crippen LogP contribution in [0.2, 0.25) is 0 Å². The van der Waals surface area contributed by atoms with Gasteiger partial charge in [-0.25, -0.2) is 0 Å². The molecule has 1 amide bonds. The van der Waals surface area contributed by atoms with Crippen molar-refractivity contribution >= 4 is 5.91 Å². The first-order valence-electron chi connectivity index (χ1n) is 11.1. The molecule has 5 heteroatoms. The highest BCUT2D eigenvalue weighted by Gasteiger charge is 2.32. The number of carbonyl (C=O) groups excluding carboxylic acids is 1. The fraction of sp³-hybridized carbons (Fsp3) is 0.542. The molecule has 0 bridgehead atoms. The third-order valence-corrected chi connectivity index (χ3v) is 6.38. The van der Waals surface area contributed by atoms with Gasteiger partial charge in [0.25, 0.3) is 0 Å². The number of aromatic nitrogens is 2. The minimum Gasteiger partial charge on any atom is -0.347 e. The molecule has 5 nitrogen and oxygen atoms in total. The molecular formula is C24H32N4O. The molecule has 1 aliphatic heterocycles. The van der Waals surface area contributed by atoms with Crippen molar-refractivity contribution in [1.29, 1.82) is 0 Å². The summed E-state index contributed by atoms with van der Waals surface area (Å²) in [4.78, 5) is 24.7. The van der Waals surface area contributed by atoms with E-state index in [1.165, 1.54) is 12.8 Å². The van der Waals surface area contributed by atoms with Gasteiger partial charge in [-0.1, -0.05) is 25.0 Å². The molecular weight excluding hydrogens is 360 g/mol. The van der Waals surface area contributed by atoms with Crippen LogP contribution in [0.5, 0.6) is 0 Å². The SMILES string of the molecule is Cc1cccc(CN2CCC[C@H]([C@@H](NC(=O)C3CCCC3)c3ccccn3)C2)n1. The molecule has 1 saturated carbocycles. The van der Waals surface area contributed by atoms with Crippen molar-refractivity contribution < 1.29 is 4.79 Å². The second-order valence-electron chi connectivity index (χ2n) is 8.63. The standard InChI is InChI=1S/C24H32N4O/c1-18-8-6-12-21(26-18)17-28-15-7-11-20(16-28)23(22-13-4-5-14-25-22)27-24(29)19-9-2-3-10-19/h4-6,8,12-14,19-20,23H,2-3,7,9-11,15-17H2,1H3,(H,27,29)/t20-,23+/m0/s1. The average Bonchev–Trinajstić information content (AvgIpc) is 3.28. The van der Waals surface area contributed by atoms with Gasteiger partial charge in [0.2, 0.25) is 5.91 Å². The molecule has 29 heavy (non-hydrogen) atoms. The van der Waals surface area contributed by atoms with Gasteiger partial charge in [0, 0.05) is 30.9 Å². The summed E-state index contributed by atoms with van der Waals surface area (Å²) in [6.45, 7) is 4.95. The van der Waals surface area contributed by atoms with E-state index in [0.29, 0.717) is 5.92 Å². The van der Waals surface area contributed by atoms with Gasteiger partial charge >= 0.3 is 0 Å². The summed E-state index contributed by atoms with van der Waals surface area (Å²) in [5.41, 5.74) is 3.17. The number of carbonyl (C=O) groups is 1. The van der Waals surface area contributed by atoms with E-state index in [2.05, 4.69) is 38.4 Å². The number of piperidine rings is 1. The maximum atomic E-state index is 12.9. The molecule has 2 aliphatic rings. The van der Waals surface area contributed by atoms with Gasteiger partial charge in [-0.3, -0.25) is 19.7 Å². The lowest BCUT2D eigenvalue weighted by Crippen LogP contribution is -2.44. The Bertz CT molecular complexity index is 804. The zero-order valence-corrected chi connectivity index (χ0v) is 17.4. The Labute approximate surface area is 173 Å². The Morgan fingerprint density at radius 2 is 2.00 bits per heavy atom. The lowest BCUT2D eigenvalue weighted by atomic mass is 9.87. The molecule has 0 unspecified atom stereocenters. The van der Waals surface area contributed by atoms with Crippen LogP contribution in [0.1, 0.15) is 61.6 Å². The molecule has 2 fully saturated rings. The second-order valence-corrected chi connectivity index (χ2v) is 8.63. The first-order chi connectivity index (χ1) is 14.2. The fourth-order valence-corrected chi connectivity index (χ4v) is 4.88. The van der Waals surface area contributed by atoms with E-state index in [1.54, 1.807) is 0 Å². The van der Waals surface area contributed by atoms with Gasteiger partial charge in [0.1, 0.15) is 0 Å². The summed E-state index contributed by atoms with van der Waals surface area (Å²) in [5, 5.41) is 3.39. The van der Waals surface area contributed by atoms with Crippen molar-refractivity contribution in [3.8, 4) is 0 Å². The Morgan fingerprint density at radius 1 is 1.14 bits per heavy atom. The number of pyridine rings is 2. The molecule has 0 aromatic carbocycles. The largest absolute Gasteiger partial charge is 0.347 e. The van der Waals surface area contributed by atoms with Crippen LogP contribution in [0.25, 0.3) is 0 Å². The van der Waals surface area contributed by atoms with Crippen LogP contribution in [0, 0.1) is 18.8 Å². The third kappa shape index (κ3) is 5.21. The van der Waals surface area contributed by atoms with Crippen LogP contribution < -0.4 is 5.32 Å². The average molecular weight is 393 g/mol. The molecule has 2 aromatic rings. The second kappa shape index (κ2) is 9.49. The molecule has 4 rings (SSSR count). The number of hydrogen-bond acceptors (Lipinski definition) is 4. The van der Waals surface area contributed by atoms with E-state index in [4.69, 9.17) is 0 Å². The predicted molar refractivity (Wildman–Crippen MR) is 114 cm³/mol. The van der Waals surface area contributed by atoms with Gasteiger partial charge in [-0.15, -0.1) is 0 Å². The summed E-state index contributed by atoms with van der Waals surface area (Å²) < 4.78 is 0. The molecule has 1 N–H and O–H groups in total. The summed E-state index contributed by atoms with van der Waals surface area (Å²) >= 11 is 0. The monoisotopic (exact) mass is 392 g/mol. The maximum absolute atomic E-state index is 12.9. The lowest BCUT2D eigenvalue weighted by molar-refractivity contribution is -0.126. The number of amides is 1. The van der Waals surface area contributed by atoms with E-state index < -0.39 is 0 Å². The molecule has 0 spiro atoms. The van der Waals surface area contributed by atoms with Crippen molar-refractivity contribution in [2.75, 3.05) is 13.1 Å². The lowest BCUT2D eigenvalue weighted by Gasteiger charge is -2.37. The van der Waals surface area contributed by atoms with E-state index in [-0.39, 0.29) is 17.9 Å². The first-order valence-corrected chi connectivity index (χ1v) is 11.1. The van der Waals surface area contributed by atoms with Crippen LogP contribution >= 0.6 is 0 Å². The number of nitrogens with one attached hydrogen (secondary N) is 1. The zero-order valence-electron chi connectivity index (χ0n) is 17.4. The van der Waals surface area contributed by atoms with Gasteiger partial charge in [0.15, 0.2) is 0 Å². The molecule has 0 radical (unpaired) electrons. The summed E-state index contributed by atoms with van der Waals surface area (Å²) in [6, 6.07) is 12.2. The molecule has 2 aromatic heterocycles. The van der Waals surface area contributed by atoms with Crippen LogP contribution in [0.4, 0.5) is 0 Å². The van der Waals surface area contributed by atoms with Gasteiger partial charge in [0.05, 0.1) is 17.4 Å². The Hall–Kier alpha value is -2.27. The normalized spacial score (nSPS) is 21.8. The van der Waals surface area contributed by atoms with E-state index in [1.807, 2.05) is 31.3 Å². The highest BCUT2D eigenvalue weighted by Crippen LogP contribution is 2.31. The zero-order chi connectivity index (χ0) is 20.1. The van der Waals surface area contributed by atoms with E-state index in [9.17, 15) is 4.79 Å². The number of hydrogen-bond donors (Lipinski definition) is 1. The van der Waals surface area contributed by atoms with Crippen LogP contribution in [-0.4, -0.2) is 33.9 Å². The van der Waals surface area contributed by atoms with Crippen molar-refractivity contribution in [3.05, 3.63) is 59.7 Å². The van der Waals surface area contributed by atoms with Crippen LogP contribution in [0.15, 0.2) is 42.6 Å². The van der Waals surface area contributed by atoms with Crippen molar-refractivity contribution in [2.45, 2.75) is 58.0 Å².